The molecule has 0 bridgehead atoms. The van der Waals surface area contributed by atoms with Crippen LogP contribution in [0.4, 0.5) is 0 Å². The molecule has 1 aromatic rings. The molecule has 0 aliphatic carbocycles. The van der Waals surface area contributed by atoms with Gasteiger partial charge in [-0.3, -0.25) is 4.79 Å². The first-order chi connectivity index (χ1) is 8.67. The first kappa shape index (κ1) is 14.5. The zero-order chi connectivity index (χ0) is 13.4. The number of ether oxygens (including phenoxy) is 2. The van der Waals surface area contributed by atoms with E-state index in [0.717, 1.165) is 0 Å². The van der Waals surface area contributed by atoms with Gasteiger partial charge in [0, 0.05) is 19.2 Å². The van der Waals surface area contributed by atoms with E-state index in [0.29, 0.717) is 24.3 Å². The van der Waals surface area contributed by atoms with Crippen molar-refractivity contribution >= 4 is 5.91 Å². The number of nitrogens with one attached hydrogen (secondary N) is 1. The molecule has 100 valence electrons. The highest BCUT2D eigenvalue weighted by molar-refractivity contribution is 5.94. The number of rotatable bonds is 7. The van der Waals surface area contributed by atoms with E-state index in [1.165, 1.54) is 7.11 Å². The summed E-state index contributed by atoms with van der Waals surface area (Å²) in [6, 6.07) is 6.91. The van der Waals surface area contributed by atoms with Gasteiger partial charge >= 0.3 is 0 Å². The molecule has 1 rings (SSSR count). The maximum Gasteiger partial charge on any atom is 0.251 e. The Morgan fingerprint density at radius 3 is 2.89 bits per heavy atom. The lowest BCUT2D eigenvalue weighted by Gasteiger charge is -2.10. The number of aliphatic hydroxyl groups is 1. The molecule has 0 aliphatic rings. The lowest BCUT2D eigenvalue weighted by atomic mass is 10.2. The lowest BCUT2D eigenvalue weighted by molar-refractivity contribution is 0.0587. The Kier molecular flexibility index (Phi) is 6.18. The second-order valence-electron chi connectivity index (χ2n) is 3.89. The van der Waals surface area contributed by atoms with Crippen molar-refractivity contribution in [2.75, 3.05) is 27.4 Å². The molecule has 5 nitrogen and oxygen atoms in total. The fraction of sp³-hybridized carbons (Fsp3) is 0.462. The van der Waals surface area contributed by atoms with Gasteiger partial charge in [-0.15, -0.1) is 0 Å². The molecular formula is C13H19NO4. The van der Waals surface area contributed by atoms with Crippen LogP contribution in [-0.2, 0) is 4.74 Å². The molecule has 1 amide bonds. The first-order valence-electron chi connectivity index (χ1n) is 5.76. The van der Waals surface area contributed by atoms with E-state index >= 15 is 0 Å². The van der Waals surface area contributed by atoms with Gasteiger partial charge in [0.2, 0.25) is 0 Å². The standard InChI is InChI=1S/C13H19NO4/c1-17-9-11(15)6-7-14-13(16)10-4-3-5-12(8-10)18-2/h3-5,8,11,15H,6-7,9H2,1-2H3,(H,14,16). The fourth-order valence-electron chi connectivity index (χ4n) is 1.49. The second-order valence-corrected chi connectivity index (χ2v) is 3.89. The van der Waals surface area contributed by atoms with Gasteiger partial charge in [-0.2, -0.15) is 0 Å². The number of carbonyl (C=O) groups excluding carboxylic acids is 1. The van der Waals surface area contributed by atoms with E-state index < -0.39 is 6.10 Å². The van der Waals surface area contributed by atoms with Crippen molar-refractivity contribution in [2.45, 2.75) is 12.5 Å². The monoisotopic (exact) mass is 253 g/mol. The van der Waals surface area contributed by atoms with E-state index in [1.54, 1.807) is 31.4 Å². The highest BCUT2D eigenvalue weighted by atomic mass is 16.5. The number of methoxy groups -OCH3 is 2. The summed E-state index contributed by atoms with van der Waals surface area (Å²) >= 11 is 0. The summed E-state index contributed by atoms with van der Waals surface area (Å²) < 4.78 is 9.84. The Bertz CT molecular complexity index is 381. The summed E-state index contributed by atoms with van der Waals surface area (Å²) in [5.74, 6) is 0.459. The van der Waals surface area contributed by atoms with Crippen molar-refractivity contribution < 1.29 is 19.4 Å². The zero-order valence-corrected chi connectivity index (χ0v) is 10.7. The Hall–Kier alpha value is -1.59. The van der Waals surface area contributed by atoms with Crippen LogP contribution in [0.5, 0.6) is 5.75 Å². The van der Waals surface area contributed by atoms with Crippen LogP contribution in [-0.4, -0.2) is 44.5 Å². The van der Waals surface area contributed by atoms with Crippen molar-refractivity contribution in [2.24, 2.45) is 0 Å². The van der Waals surface area contributed by atoms with Gasteiger partial charge in [0.1, 0.15) is 5.75 Å². The van der Waals surface area contributed by atoms with Crippen molar-refractivity contribution in [3.05, 3.63) is 29.8 Å². The fourth-order valence-corrected chi connectivity index (χ4v) is 1.49. The highest BCUT2D eigenvalue weighted by Crippen LogP contribution is 2.12. The molecule has 18 heavy (non-hydrogen) atoms. The van der Waals surface area contributed by atoms with E-state index in [-0.39, 0.29) is 12.5 Å². The molecule has 0 fully saturated rings. The Labute approximate surface area is 107 Å². The smallest absolute Gasteiger partial charge is 0.251 e. The average Bonchev–Trinajstić information content (AvgIpc) is 2.39. The maximum atomic E-state index is 11.8. The molecule has 1 atom stereocenters. The third-order valence-corrected chi connectivity index (χ3v) is 2.45. The van der Waals surface area contributed by atoms with E-state index in [1.807, 2.05) is 0 Å². The summed E-state index contributed by atoms with van der Waals surface area (Å²) in [5, 5.41) is 12.1. The van der Waals surface area contributed by atoms with Crippen molar-refractivity contribution in [3.8, 4) is 5.75 Å². The molecule has 0 spiro atoms. The summed E-state index contributed by atoms with van der Waals surface area (Å²) in [6.07, 6.45) is -0.0931. The van der Waals surface area contributed by atoms with Crippen LogP contribution in [0.3, 0.4) is 0 Å². The van der Waals surface area contributed by atoms with Crippen LogP contribution < -0.4 is 10.1 Å². The van der Waals surface area contributed by atoms with Crippen LogP contribution in [0.25, 0.3) is 0 Å². The Morgan fingerprint density at radius 2 is 2.22 bits per heavy atom. The summed E-state index contributed by atoms with van der Waals surface area (Å²) in [6.45, 7) is 0.676. The Morgan fingerprint density at radius 1 is 1.44 bits per heavy atom. The normalized spacial score (nSPS) is 11.9. The van der Waals surface area contributed by atoms with Gasteiger partial charge in [-0.1, -0.05) is 6.07 Å². The van der Waals surface area contributed by atoms with Crippen molar-refractivity contribution in [1.82, 2.24) is 5.32 Å². The van der Waals surface area contributed by atoms with Gasteiger partial charge in [0.25, 0.3) is 5.91 Å². The molecule has 0 saturated carbocycles. The molecule has 0 aromatic heterocycles. The largest absolute Gasteiger partial charge is 0.497 e. The van der Waals surface area contributed by atoms with E-state index in [4.69, 9.17) is 9.47 Å². The molecular weight excluding hydrogens is 234 g/mol. The van der Waals surface area contributed by atoms with Gasteiger partial charge in [-0.05, 0) is 24.6 Å². The Balaban J connectivity index is 2.40. The minimum absolute atomic E-state index is 0.182. The van der Waals surface area contributed by atoms with Gasteiger partial charge in [0.15, 0.2) is 0 Å². The average molecular weight is 253 g/mol. The number of benzene rings is 1. The molecule has 0 heterocycles. The third-order valence-electron chi connectivity index (χ3n) is 2.45. The van der Waals surface area contributed by atoms with Crippen LogP contribution in [0.15, 0.2) is 24.3 Å². The topological polar surface area (TPSA) is 67.8 Å². The van der Waals surface area contributed by atoms with Gasteiger partial charge in [-0.25, -0.2) is 0 Å². The van der Waals surface area contributed by atoms with Crippen LogP contribution in [0.2, 0.25) is 0 Å². The van der Waals surface area contributed by atoms with Crippen LogP contribution in [0, 0.1) is 0 Å². The molecule has 1 unspecified atom stereocenters. The number of carbonyl (C=O) groups is 1. The number of amides is 1. The molecule has 5 heteroatoms. The van der Waals surface area contributed by atoms with Gasteiger partial charge < -0.3 is 19.9 Å². The molecule has 1 aromatic carbocycles. The van der Waals surface area contributed by atoms with E-state index in [9.17, 15) is 9.90 Å². The van der Waals surface area contributed by atoms with E-state index in [2.05, 4.69) is 5.32 Å². The number of hydrogen-bond donors (Lipinski definition) is 2. The van der Waals surface area contributed by atoms with Gasteiger partial charge in [0.05, 0.1) is 19.8 Å². The highest BCUT2D eigenvalue weighted by Gasteiger charge is 2.08. The second kappa shape index (κ2) is 7.68. The minimum atomic E-state index is -0.555. The summed E-state index contributed by atoms with van der Waals surface area (Å²) in [7, 11) is 3.08. The summed E-state index contributed by atoms with van der Waals surface area (Å²) in [4.78, 5) is 11.8. The predicted octanol–water partition coefficient (Wildman–Crippen LogP) is 0.822. The quantitative estimate of drug-likeness (QED) is 0.755. The molecule has 2 N–H and O–H groups in total. The number of hydrogen-bond acceptors (Lipinski definition) is 4. The van der Waals surface area contributed by atoms with Crippen LogP contribution in [0.1, 0.15) is 16.8 Å². The van der Waals surface area contributed by atoms with Crippen molar-refractivity contribution in [1.29, 1.82) is 0 Å². The maximum absolute atomic E-state index is 11.8. The SMILES string of the molecule is COCC(O)CCNC(=O)c1cccc(OC)c1. The lowest BCUT2D eigenvalue weighted by Crippen LogP contribution is -2.28. The van der Waals surface area contributed by atoms with Crippen LogP contribution >= 0.6 is 0 Å². The zero-order valence-electron chi connectivity index (χ0n) is 10.7. The number of aliphatic hydroxyl groups excluding tert-OH is 1. The molecule has 0 aliphatic heterocycles. The molecule has 0 radical (unpaired) electrons. The van der Waals surface area contributed by atoms with Crippen molar-refractivity contribution in [3.63, 3.8) is 0 Å². The molecule has 0 saturated heterocycles. The first-order valence-corrected chi connectivity index (χ1v) is 5.76. The summed E-state index contributed by atoms with van der Waals surface area (Å²) in [5.41, 5.74) is 0.538. The third kappa shape index (κ3) is 4.73. The minimum Gasteiger partial charge on any atom is -0.497 e. The predicted molar refractivity (Wildman–Crippen MR) is 67.8 cm³/mol.